The average Bonchev–Trinajstić information content (AvgIpc) is 2.16. The molecule has 2 aromatic rings. The van der Waals surface area contributed by atoms with Gasteiger partial charge in [0.25, 0.3) is 5.56 Å². The van der Waals surface area contributed by atoms with Crippen LogP contribution in [0.3, 0.4) is 0 Å². The Kier molecular flexibility index (Phi) is 2.21. The fourth-order valence-corrected chi connectivity index (χ4v) is 1.38. The Balaban J connectivity index is 2.62. The van der Waals surface area contributed by atoms with Crippen molar-refractivity contribution in [3.8, 4) is 0 Å². The van der Waals surface area contributed by atoms with Crippen molar-refractivity contribution in [2.24, 2.45) is 5.73 Å². The molecule has 0 aliphatic carbocycles. The highest BCUT2D eigenvalue weighted by molar-refractivity contribution is 5.79. The molecule has 0 bridgehead atoms. The van der Waals surface area contributed by atoms with Crippen molar-refractivity contribution < 1.29 is 4.79 Å². The first-order chi connectivity index (χ1) is 7.16. The van der Waals surface area contributed by atoms with Gasteiger partial charge >= 0.3 is 0 Å². The number of nitrogens with one attached hydrogen (secondary N) is 1. The molecule has 0 aliphatic heterocycles. The predicted octanol–water partition coefficient (Wildman–Crippen LogP) is -0.0491. The Labute approximate surface area is 84.9 Å². The zero-order valence-electron chi connectivity index (χ0n) is 7.86. The van der Waals surface area contributed by atoms with Gasteiger partial charge < -0.3 is 10.7 Å². The highest BCUT2D eigenvalue weighted by Gasteiger charge is 2.04. The van der Waals surface area contributed by atoms with Gasteiger partial charge in [0.15, 0.2) is 0 Å². The number of nitrogens with zero attached hydrogens (tertiary/aromatic N) is 1. The van der Waals surface area contributed by atoms with Crippen LogP contribution in [0.15, 0.2) is 29.1 Å². The van der Waals surface area contributed by atoms with Crippen molar-refractivity contribution in [1.82, 2.24) is 9.97 Å². The number of benzene rings is 1. The first-order valence-corrected chi connectivity index (χ1v) is 4.43. The Morgan fingerprint density at radius 2 is 2.13 bits per heavy atom. The molecular formula is C10H9N3O2. The quantitative estimate of drug-likeness (QED) is 0.717. The van der Waals surface area contributed by atoms with Gasteiger partial charge in [-0.25, -0.2) is 4.98 Å². The Morgan fingerprint density at radius 1 is 1.40 bits per heavy atom. The second-order valence-corrected chi connectivity index (χ2v) is 3.17. The van der Waals surface area contributed by atoms with E-state index < -0.39 is 5.91 Å². The number of hydrogen-bond acceptors (Lipinski definition) is 3. The Bertz CT molecular complexity index is 574. The number of carbonyl (C=O) groups is 1. The molecule has 5 heteroatoms. The van der Waals surface area contributed by atoms with E-state index in [2.05, 4.69) is 9.97 Å². The molecule has 1 aromatic heterocycles. The van der Waals surface area contributed by atoms with E-state index in [9.17, 15) is 9.59 Å². The molecule has 0 atom stereocenters. The summed E-state index contributed by atoms with van der Waals surface area (Å²) in [6.07, 6.45) is -0.0555. The number of aromatic nitrogens is 2. The Hall–Kier alpha value is -2.17. The van der Waals surface area contributed by atoms with E-state index in [0.29, 0.717) is 16.7 Å². The fraction of sp³-hybridized carbons (Fsp3) is 0.100. The van der Waals surface area contributed by atoms with Crippen LogP contribution in [0.4, 0.5) is 0 Å². The molecule has 76 valence electrons. The summed E-state index contributed by atoms with van der Waals surface area (Å²) in [7, 11) is 0. The number of aromatic amines is 1. The normalized spacial score (nSPS) is 10.4. The summed E-state index contributed by atoms with van der Waals surface area (Å²) in [4.78, 5) is 28.8. The van der Waals surface area contributed by atoms with Crippen molar-refractivity contribution in [3.63, 3.8) is 0 Å². The maximum atomic E-state index is 11.5. The molecule has 0 saturated heterocycles. The average molecular weight is 203 g/mol. The molecule has 2 rings (SSSR count). The molecule has 3 N–H and O–H groups in total. The maximum Gasteiger partial charge on any atom is 0.258 e. The van der Waals surface area contributed by atoms with E-state index >= 15 is 0 Å². The number of nitrogens with two attached hydrogens (primary N) is 1. The van der Waals surface area contributed by atoms with E-state index in [0.717, 1.165) is 0 Å². The number of H-pyrrole nitrogens is 1. The highest BCUT2D eigenvalue weighted by atomic mass is 16.1. The molecule has 0 spiro atoms. The zero-order chi connectivity index (χ0) is 10.8. The molecule has 0 fully saturated rings. The van der Waals surface area contributed by atoms with Crippen LogP contribution in [-0.2, 0) is 11.2 Å². The number of primary amides is 1. The minimum absolute atomic E-state index is 0.0555. The summed E-state index contributed by atoms with van der Waals surface area (Å²) in [5.41, 5.74) is 5.33. The summed E-state index contributed by atoms with van der Waals surface area (Å²) >= 11 is 0. The first-order valence-electron chi connectivity index (χ1n) is 4.43. The van der Waals surface area contributed by atoms with Gasteiger partial charge in [-0.1, -0.05) is 12.1 Å². The minimum atomic E-state index is -0.520. The van der Waals surface area contributed by atoms with Gasteiger partial charge in [0.2, 0.25) is 5.91 Å². The number of amides is 1. The lowest BCUT2D eigenvalue weighted by Gasteiger charge is -1.99. The summed E-state index contributed by atoms with van der Waals surface area (Å²) < 4.78 is 0. The molecule has 0 radical (unpaired) electrons. The van der Waals surface area contributed by atoms with Crippen molar-refractivity contribution >= 4 is 16.8 Å². The third-order valence-corrected chi connectivity index (χ3v) is 2.00. The first kappa shape index (κ1) is 9.39. The molecule has 15 heavy (non-hydrogen) atoms. The van der Waals surface area contributed by atoms with Gasteiger partial charge in [0, 0.05) is 0 Å². The summed E-state index contributed by atoms with van der Waals surface area (Å²) in [5, 5.41) is 0.505. The summed E-state index contributed by atoms with van der Waals surface area (Å²) in [6.45, 7) is 0. The van der Waals surface area contributed by atoms with Crippen molar-refractivity contribution in [2.45, 2.75) is 6.42 Å². The van der Waals surface area contributed by atoms with Crippen LogP contribution in [0.25, 0.3) is 10.9 Å². The van der Waals surface area contributed by atoms with Crippen LogP contribution >= 0.6 is 0 Å². The minimum Gasteiger partial charge on any atom is -0.369 e. The van der Waals surface area contributed by atoms with Crippen molar-refractivity contribution in [1.29, 1.82) is 0 Å². The van der Waals surface area contributed by atoms with Crippen LogP contribution in [0.5, 0.6) is 0 Å². The summed E-state index contributed by atoms with van der Waals surface area (Å²) in [5.74, 6) is -0.223. The molecule has 1 amide bonds. The number of rotatable bonds is 2. The molecule has 0 saturated carbocycles. The van der Waals surface area contributed by atoms with E-state index in [1.165, 1.54) is 0 Å². The lowest BCUT2D eigenvalue weighted by Crippen LogP contribution is -2.19. The van der Waals surface area contributed by atoms with Gasteiger partial charge in [0.1, 0.15) is 5.82 Å². The number of hydrogen-bond donors (Lipinski definition) is 2. The van der Waals surface area contributed by atoms with Crippen LogP contribution in [0.2, 0.25) is 0 Å². The van der Waals surface area contributed by atoms with E-state index in [1.54, 1.807) is 24.3 Å². The zero-order valence-corrected chi connectivity index (χ0v) is 7.86. The van der Waals surface area contributed by atoms with Gasteiger partial charge in [-0.2, -0.15) is 0 Å². The van der Waals surface area contributed by atoms with E-state index in [4.69, 9.17) is 5.73 Å². The van der Waals surface area contributed by atoms with Gasteiger partial charge in [-0.15, -0.1) is 0 Å². The fourth-order valence-electron chi connectivity index (χ4n) is 1.38. The third kappa shape index (κ3) is 1.85. The second kappa shape index (κ2) is 3.53. The lowest BCUT2D eigenvalue weighted by molar-refractivity contribution is -0.117. The molecule has 0 unspecified atom stereocenters. The van der Waals surface area contributed by atoms with Crippen LogP contribution < -0.4 is 11.3 Å². The number of fused-ring (bicyclic) bond motifs is 1. The molecule has 5 nitrogen and oxygen atoms in total. The molecule has 1 aromatic carbocycles. The predicted molar refractivity (Wildman–Crippen MR) is 55.3 cm³/mol. The van der Waals surface area contributed by atoms with Crippen LogP contribution in [0.1, 0.15) is 5.82 Å². The largest absolute Gasteiger partial charge is 0.369 e. The standard InChI is InChI=1S/C10H9N3O2/c11-8(14)5-9-12-7-4-2-1-3-6(7)10(15)13-9/h1-4H,5H2,(H2,11,14)(H,12,13,15). The monoisotopic (exact) mass is 203 g/mol. The topological polar surface area (TPSA) is 88.8 Å². The number of carbonyl (C=O) groups excluding carboxylic acids is 1. The lowest BCUT2D eigenvalue weighted by atomic mass is 10.2. The van der Waals surface area contributed by atoms with E-state index in [-0.39, 0.29) is 12.0 Å². The van der Waals surface area contributed by atoms with Crippen LogP contribution in [-0.4, -0.2) is 15.9 Å². The van der Waals surface area contributed by atoms with Crippen LogP contribution in [0, 0.1) is 0 Å². The Morgan fingerprint density at radius 3 is 2.87 bits per heavy atom. The van der Waals surface area contributed by atoms with Gasteiger partial charge in [-0.05, 0) is 12.1 Å². The molecule has 1 heterocycles. The van der Waals surface area contributed by atoms with E-state index in [1.807, 2.05) is 0 Å². The highest BCUT2D eigenvalue weighted by Crippen LogP contribution is 2.05. The smallest absolute Gasteiger partial charge is 0.258 e. The third-order valence-electron chi connectivity index (χ3n) is 2.00. The SMILES string of the molecule is NC(=O)Cc1nc2ccccc2c(=O)[nH]1. The molecular weight excluding hydrogens is 194 g/mol. The van der Waals surface area contributed by atoms with Gasteiger partial charge in [-0.3, -0.25) is 9.59 Å². The summed E-state index contributed by atoms with van der Waals surface area (Å²) in [6, 6.07) is 6.93. The second-order valence-electron chi connectivity index (χ2n) is 3.17. The maximum absolute atomic E-state index is 11.5. The molecule has 0 aliphatic rings. The van der Waals surface area contributed by atoms with Gasteiger partial charge in [0.05, 0.1) is 17.3 Å². The number of para-hydroxylation sites is 1. The van der Waals surface area contributed by atoms with Crippen molar-refractivity contribution in [3.05, 3.63) is 40.4 Å². The van der Waals surface area contributed by atoms with Crippen molar-refractivity contribution in [2.75, 3.05) is 0 Å².